The minimum absolute atomic E-state index is 0.537. The van der Waals surface area contributed by atoms with E-state index in [1.807, 2.05) is 0 Å². The molecule has 0 spiro atoms. The van der Waals surface area contributed by atoms with Crippen LogP contribution in [0.5, 0.6) is 0 Å². The molecule has 22 heavy (non-hydrogen) atoms. The van der Waals surface area contributed by atoms with Crippen LogP contribution in [0.1, 0.15) is 45.4 Å². The quantitative estimate of drug-likeness (QED) is 0.640. The second-order valence-corrected chi connectivity index (χ2v) is 6.28. The molecule has 126 valence electrons. The second kappa shape index (κ2) is 8.36. The van der Waals surface area contributed by atoms with E-state index in [1.165, 1.54) is 5.71 Å². The number of carboxylic acid groups (broad SMARTS) is 1. The van der Waals surface area contributed by atoms with E-state index in [4.69, 9.17) is 9.94 Å². The van der Waals surface area contributed by atoms with Gasteiger partial charge in [-0.3, -0.25) is 0 Å². The van der Waals surface area contributed by atoms with E-state index in [0.717, 1.165) is 51.6 Å². The van der Waals surface area contributed by atoms with Crippen LogP contribution in [0.15, 0.2) is 5.16 Å². The normalized spacial score (nSPS) is 25.8. The van der Waals surface area contributed by atoms with Crippen molar-refractivity contribution in [2.45, 2.75) is 51.5 Å². The van der Waals surface area contributed by atoms with Crippen molar-refractivity contribution in [2.75, 3.05) is 33.3 Å². The lowest BCUT2D eigenvalue weighted by atomic mass is 9.89. The van der Waals surface area contributed by atoms with Gasteiger partial charge in [-0.25, -0.2) is 4.79 Å². The van der Waals surface area contributed by atoms with Crippen molar-refractivity contribution in [3.63, 3.8) is 0 Å². The highest BCUT2D eigenvalue weighted by atomic mass is 16.6. The van der Waals surface area contributed by atoms with Crippen molar-refractivity contribution < 1.29 is 14.7 Å². The molecule has 0 aromatic rings. The molecule has 0 aliphatic carbocycles. The number of likely N-dealkylation sites (tertiary alicyclic amines) is 2. The topological polar surface area (TPSA) is 65.4 Å². The van der Waals surface area contributed by atoms with Crippen LogP contribution in [0.3, 0.4) is 0 Å². The minimum Gasteiger partial charge on any atom is -0.465 e. The molecular weight excluding hydrogens is 282 g/mol. The number of piperidine rings is 1. The average Bonchev–Trinajstić information content (AvgIpc) is 2.79. The van der Waals surface area contributed by atoms with Gasteiger partial charge in [0, 0.05) is 25.0 Å². The van der Waals surface area contributed by atoms with Gasteiger partial charge in [-0.05, 0) is 51.6 Å². The molecule has 2 aliphatic rings. The number of nitrogens with zero attached hydrogens (tertiary/aromatic N) is 3. The average molecular weight is 311 g/mol. The molecule has 0 bridgehead atoms. The third kappa shape index (κ3) is 4.35. The summed E-state index contributed by atoms with van der Waals surface area (Å²) in [4.78, 5) is 20.2. The van der Waals surface area contributed by atoms with Crippen LogP contribution in [-0.4, -0.2) is 66.0 Å². The predicted octanol–water partition coefficient (Wildman–Crippen LogP) is 2.64. The molecule has 0 aromatic carbocycles. The third-order valence-electron chi connectivity index (χ3n) is 5.06. The molecule has 6 heteroatoms. The van der Waals surface area contributed by atoms with Gasteiger partial charge in [0.25, 0.3) is 0 Å². The van der Waals surface area contributed by atoms with Gasteiger partial charge in [-0.15, -0.1) is 0 Å². The first-order chi connectivity index (χ1) is 10.7. The Morgan fingerprint density at radius 3 is 2.50 bits per heavy atom. The van der Waals surface area contributed by atoms with Gasteiger partial charge in [-0.2, -0.15) is 0 Å². The van der Waals surface area contributed by atoms with Gasteiger partial charge < -0.3 is 19.7 Å². The first kappa shape index (κ1) is 17.1. The maximum absolute atomic E-state index is 11.1. The summed E-state index contributed by atoms with van der Waals surface area (Å²) in [6.45, 7) is 5.67. The number of hydrogen-bond acceptors (Lipinski definition) is 4. The Balaban J connectivity index is 1.84. The molecule has 6 nitrogen and oxygen atoms in total. The zero-order chi connectivity index (χ0) is 15.9. The van der Waals surface area contributed by atoms with Crippen molar-refractivity contribution in [2.24, 2.45) is 11.1 Å². The Morgan fingerprint density at radius 1 is 1.18 bits per heavy atom. The van der Waals surface area contributed by atoms with Crippen molar-refractivity contribution in [3.8, 4) is 0 Å². The Hall–Kier alpha value is -1.30. The standard InChI is InChI=1S/C16H29N3O3/c1-3-15(17-22-2)13-6-10-18(11-7-13)14-5-4-9-19(12-8-14)16(20)21/h13-14H,3-12H2,1-2H3,(H,20,21). The zero-order valence-electron chi connectivity index (χ0n) is 13.8. The molecule has 1 atom stereocenters. The Kier molecular flexibility index (Phi) is 6.49. The van der Waals surface area contributed by atoms with Gasteiger partial charge in [0.2, 0.25) is 0 Å². The maximum Gasteiger partial charge on any atom is 0.407 e. The highest BCUT2D eigenvalue weighted by Gasteiger charge is 2.29. The summed E-state index contributed by atoms with van der Waals surface area (Å²) < 4.78 is 0. The molecule has 2 aliphatic heterocycles. The molecule has 0 radical (unpaired) electrons. The molecule has 2 saturated heterocycles. The van der Waals surface area contributed by atoms with Crippen LogP contribution in [0.4, 0.5) is 4.79 Å². The molecule has 2 rings (SSSR count). The highest BCUT2D eigenvalue weighted by molar-refractivity contribution is 5.86. The summed E-state index contributed by atoms with van der Waals surface area (Å²) in [5.41, 5.74) is 1.18. The lowest BCUT2D eigenvalue weighted by molar-refractivity contribution is 0.128. The fourth-order valence-corrected chi connectivity index (χ4v) is 3.78. The molecule has 1 N–H and O–H groups in total. The van der Waals surface area contributed by atoms with Crippen molar-refractivity contribution in [3.05, 3.63) is 0 Å². The van der Waals surface area contributed by atoms with Crippen molar-refractivity contribution in [1.29, 1.82) is 0 Å². The second-order valence-electron chi connectivity index (χ2n) is 6.28. The van der Waals surface area contributed by atoms with E-state index in [1.54, 1.807) is 12.0 Å². The predicted molar refractivity (Wildman–Crippen MR) is 86.3 cm³/mol. The lowest BCUT2D eigenvalue weighted by Crippen LogP contribution is -2.43. The smallest absolute Gasteiger partial charge is 0.407 e. The van der Waals surface area contributed by atoms with Crippen LogP contribution in [0, 0.1) is 5.92 Å². The number of hydrogen-bond donors (Lipinski definition) is 1. The van der Waals surface area contributed by atoms with Gasteiger partial charge in [0.1, 0.15) is 7.11 Å². The largest absolute Gasteiger partial charge is 0.465 e. The highest BCUT2D eigenvalue weighted by Crippen LogP contribution is 2.25. The van der Waals surface area contributed by atoms with E-state index in [-0.39, 0.29) is 0 Å². The van der Waals surface area contributed by atoms with E-state index >= 15 is 0 Å². The fraction of sp³-hybridized carbons (Fsp3) is 0.875. The number of rotatable bonds is 4. The van der Waals surface area contributed by atoms with Gasteiger partial charge in [0.15, 0.2) is 0 Å². The molecule has 2 fully saturated rings. The van der Waals surface area contributed by atoms with Gasteiger partial charge >= 0.3 is 6.09 Å². The molecule has 2 heterocycles. The number of amides is 1. The number of carbonyl (C=O) groups is 1. The Bertz CT molecular complexity index is 392. The first-order valence-corrected chi connectivity index (χ1v) is 8.47. The summed E-state index contributed by atoms with van der Waals surface area (Å²) >= 11 is 0. The molecule has 1 unspecified atom stereocenters. The zero-order valence-corrected chi connectivity index (χ0v) is 13.8. The van der Waals surface area contributed by atoms with Crippen LogP contribution in [0.2, 0.25) is 0 Å². The van der Waals surface area contributed by atoms with E-state index in [9.17, 15) is 4.79 Å². The van der Waals surface area contributed by atoms with E-state index in [2.05, 4.69) is 17.0 Å². The Morgan fingerprint density at radius 2 is 1.91 bits per heavy atom. The lowest BCUT2D eigenvalue weighted by Gasteiger charge is -2.37. The van der Waals surface area contributed by atoms with Crippen molar-refractivity contribution in [1.82, 2.24) is 9.80 Å². The summed E-state index contributed by atoms with van der Waals surface area (Å²) in [5.74, 6) is 0.544. The van der Waals surface area contributed by atoms with Gasteiger partial charge in [-0.1, -0.05) is 12.1 Å². The SMILES string of the molecule is CCC(=NOC)C1CCN(C2CCCN(C(=O)O)CC2)CC1. The Labute approximate surface area is 133 Å². The van der Waals surface area contributed by atoms with Crippen LogP contribution in [-0.2, 0) is 4.84 Å². The maximum atomic E-state index is 11.1. The summed E-state index contributed by atoms with van der Waals surface area (Å²) in [6.07, 6.45) is 5.50. The fourth-order valence-electron chi connectivity index (χ4n) is 3.78. The van der Waals surface area contributed by atoms with Crippen molar-refractivity contribution >= 4 is 11.8 Å². The summed E-state index contributed by atoms with van der Waals surface area (Å²) in [7, 11) is 1.62. The summed E-state index contributed by atoms with van der Waals surface area (Å²) in [6, 6.07) is 0.537. The first-order valence-electron chi connectivity index (χ1n) is 8.47. The van der Waals surface area contributed by atoms with E-state index in [0.29, 0.717) is 25.0 Å². The minimum atomic E-state index is -0.775. The van der Waals surface area contributed by atoms with E-state index < -0.39 is 6.09 Å². The monoisotopic (exact) mass is 311 g/mol. The molecule has 0 saturated carbocycles. The summed E-state index contributed by atoms with van der Waals surface area (Å²) in [5, 5.41) is 13.3. The number of oxime groups is 1. The van der Waals surface area contributed by atoms with Crippen LogP contribution >= 0.6 is 0 Å². The van der Waals surface area contributed by atoms with Crippen LogP contribution < -0.4 is 0 Å². The molecular formula is C16H29N3O3. The molecule has 1 amide bonds. The third-order valence-corrected chi connectivity index (χ3v) is 5.06. The van der Waals surface area contributed by atoms with Gasteiger partial charge in [0.05, 0.1) is 5.71 Å². The molecule has 0 aromatic heterocycles. The van der Waals surface area contributed by atoms with Crippen LogP contribution in [0.25, 0.3) is 0 Å².